The number of thiazole rings is 1. The van der Waals surface area contributed by atoms with Crippen molar-refractivity contribution in [1.29, 1.82) is 0 Å². The lowest BCUT2D eigenvalue weighted by Gasteiger charge is -2.22. The van der Waals surface area contributed by atoms with Gasteiger partial charge in [-0.05, 0) is 25.0 Å². The Labute approximate surface area is 150 Å². The molecule has 1 fully saturated rings. The van der Waals surface area contributed by atoms with Gasteiger partial charge in [0.2, 0.25) is 0 Å². The lowest BCUT2D eigenvalue weighted by atomic mass is 9.96. The van der Waals surface area contributed by atoms with Gasteiger partial charge in [-0.1, -0.05) is 31.4 Å². The van der Waals surface area contributed by atoms with E-state index >= 15 is 0 Å². The summed E-state index contributed by atoms with van der Waals surface area (Å²) in [6, 6.07) is 7.08. The molecule has 0 atom stereocenters. The number of urea groups is 1. The van der Waals surface area contributed by atoms with Crippen LogP contribution >= 0.6 is 11.3 Å². The van der Waals surface area contributed by atoms with E-state index in [1.165, 1.54) is 37.7 Å². The van der Waals surface area contributed by atoms with Crippen molar-refractivity contribution in [2.45, 2.75) is 38.1 Å². The number of amides is 2. The second-order valence-corrected chi connectivity index (χ2v) is 6.90. The first-order valence-electron chi connectivity index (χ1n) is 8.37. The molecule has 2 aromatic rings. The fourth-order valence-electron chi connectivity index (χ4n) is 2.92. The predicted octanol–water partition coefficient (Wildman–Crippen LogP) is 4.05. The highest BCUT2D eigenvalue weighted by molar-refractivity contribution is 7.14. The minimum absolute atomic E-state index is 0.200. The third-order valence-electron chi connectivity index (χ3n) is 4.27. The van der Waals surface area contributed by atoms with E-state index in [1.54, 1.807) is 12.1 Å². The van der Waals surface area contributed by atoms with Crippen LogP contribution in [0.3, 0.4) is 0 Å². The van der Waals surface area contributed by atoms with Crippen molar-refractivity contribution in [3.63, 3.8) is 0 Å². The van der Waals surface area contributed by atoms with E-state index in [4.69, 9.17) is 0 Å². The average molecular weight is 359 g/mol. The van der Waals surface area contributed by atoms with Gasteiger partial charge in [0.1, 0.15) is 0 Å². The number of nitrogens with one attached hydrogen (secondary N) is 2. The number of methoxy groups -OCH3 is 1. The van der Waals surface area contributed by atoms with Crippen LogP contribution in [-0.2, 0) is 4.74 Å². The van der Waals surface area contributed by atoms with E-state index in [2.05, 4.69) is 20.4 Å². The quantitative estimate of drug-likeness (QED) is 0.807. The summed E-state index contributed by atoms with van der Waals surface area (Å²) in [6.45, 7) is 0. The summed E-state index contributed by atoms with van der Waals surface area (Å²) in [5.41, 5.74) is 2.13. The second-order valence-electron chi connectivity index (χ2n) is 6.04. The molecular weight excluding hydrogens is 338 g/mol. The van der Waals surface area contributed by atoms with Crippen LogP contribution in [0.1, 0.15) is 42.5 Å². The maximum atomic E-state index is 12.1. The molecule has 3 rings (SSSR count). The number of esters is 1. The zero-order valence-corrected chi connectivity index (χ0v) is 14.9. The van der Waals surface area contributed by atoms with E-state index in [1.807, 2.05) is 17.5 Å². The number of benzene rings is 1. The maximum absolute atomic E-state index is 12.1. The van der Waals surface area contributed by atoms with Crippen LogP contribution in [0.5, 0.6) is 0 Å². The number of aromatic nitrogens is 1. The molecule has 1 aliphatic carbocycles. The summed E-state index contributed by atoms with van der Waals surface area (Å²) in [4.78, 5) is 28.0. The van der Waals surface area contributed by atoms with E-state index < -0.39 is 0 Å². The molecule has 0 aliphatic heterocycles. The lowest BCUT2D eigenvalue weighted by molar-refractivity contribution is 0.0600. The summed E-state index contributed by atoms with van der Waals surface area (Å²) in [7, 11) is 1.35. The fourth-order valence-corrected chi connectivity index (χ4v) is 3.64. The van der Waals surface area contributed by atoms with Crippen molar-refractivity contribution in [2.24, 2.45) is 0 Å². The van der Waals surface area contributed by atoms with Gasteiger partial charge >= 0.3 is 12.0 Å². The summed E-state index contributed by atoms with van der Waals surface area (Å²) >= 11 is 1.38. The van der Waals surface area contributed by atoms with E-state index in [0.717, 1.165) is 24.1 Å². The maximum Gasteiger partial charge on any atom is 0.337 e. The molecule has 2 amide bonds. The first-order valence-corrected chi connectivity index (χ1v) is 9.25. The van der Waals surface area contributed by atoms with Gasteiger partial charge in [-0.3, -0.25) is 5.32 Å². The number of nitrogens with zero attached hydrogens (tertiary/aromatic N) is 1. The molecule has 0 radical (unpaired) electrons. The lowest BCUT2D eigenvalue weighted by Crippen LogP contribution is -2.38. The molecule has 1 aromatic heterocycles. The van der Waals surface area contributed by atoms with E-state index in [9.17, 15) is 9.59 Å². The molecule has 132 valence electrons. The van der Waals surface area contributed by atoms with Crippen LogP contribution in [-0.4, -0.2) is 30.1 Å². The van der Waals surface area contributed by atoms with Crippen molar-refractivity contribution < 1.29 is 14.3 Å². The zero-order chi connectivity index (χ0) is 17.6. The van der Waals surface area contributed by atoms with Gasteiger partial charge in [-0.2, -0.15) is 0 Å². The Bertz CT molecular complexity index is 736. The highest BCUT2D eigenvalue weighted by atomic mass is 32.1. The van der Waals surface area contributed by atoms with Crippen molar-refractivity contribution in [2.75, 3.05) is 12.4 Å². The SMILES string of the molecule is COC(=O)c1ccc(-c2csc(NC(=O)NC3CCCCC3)n2)cc1. The van der Waals surface area contributed by atoms with Gasteiger partial charge in [0.05, 0.1) is 18.4 Å². The molecule has 1 saturated carbocycles. The predicted molar refractivity (Wildman–Crippen MR) is 97.9 cm³/mol. The molecule has 0 spiro atoms. The number of rotatable bonds is 4. The molecule has 7 heteroatoms. The number of hydrogen-bond donors (Lipinski definition) is 2. The van der Waals surface area contributed by atoms with Crippen LogP contribution in [0.25, 0.3) is 11.3 Å². The van der Waals surface area contributed by atoms with Crippen molar-refractivity contribution in [3.8, 4) is 11.3 Å². The number of hydrogen-bond acceptors (Lipinski definition) is 5. The number of anilines is 1. The largest absolute Gasteiger partial charge is 0.465 e. The monoisotopic (exact) mass is 359 g/mol. The minimum Gasteiger partial charge on any atom is -0.465 e. The topological polar surface area (TPSA) is 80.3 Å². The Morgan fingerprint density at radius 2 is 1.88 bits per heavy atom. The summed E-state index contributed by atoms with van der Waals surface area (Å²) in [5.74, 6) is -0.369. The summed E-state index contributed by atoms with van der Waals surface area (Å²) in [6.07, 6.45) is 5.69. The highest BCUT2D eigenvalue weighted by Gasteiger charge is 2.16. The van der Waals surface area contributed by atoms with E-state index in [-0.39, 0.29) is 18.0 Å². The molecule has 1 heterocycles. The van der Waals surface area contributed by atoms with Crippen LogP contribution in [0.4, 0.5) is 9.93 Å². The van der Waals surface area contributed by atoms with Crippen LogP contribution in [0, 0.1) is 0 Å². The molecule has 25 heavy (non-hydrogen) atoms. The van der Waals surface area contributed by atoms with Crippen LogP contribution in [0.15, 0.2) is 29.6 Å². The van der Waals surface area contributed by atoms with Gasteiger partial charge < -0.3 is 10.1 Å². The molecular formula is C18H21N3O3S. The summed E-state index contributed by atoms with van der Waals surface area (Å²) < 4.78 is 4.69. The Balaban J connectivity index is 1.60. The molecule has 2 N–H and O–H groups in total. The Kier molecular flexibility index (Phi) is 5.65. The van der Waals surface area contributed by atoms with Crippen molar-refractivity contribution in [1.82, 2.24) is 10.3 Å². The van der Waals surface area contributed by atoms with Gasteiger partial charge in [-0.25, -0.2) is 14.6 Å². The Hall–Kier alpha value is -2.41. The van der Waals surface area contributed by atoms with E-state index in [0.29, 0.717) is 10.7 Å². The smallest absolute Gasteiger partial charge is 0.337 e. The minimum atomic E-state index is -0.369. The third-order valence-corrected chi connectivity index (χ3v) is 5.02. The van der Waals surface area contributed by atoms with Gasteiger partial charge in [0.15, 0.2) is 5.13 Å². The average Bonchev–Trinajstić information content (AvgIpc) is 3.10. The molecule has 1 aromatic carbocycles. The van der Waals surface area contributed by atoms with Crippen LogP contribution < -0.4 is 10.6 Å². The first kappa shape index (κ1) is 17.4. The van der Waals surface area contributed by atoms with Crippen molar-refractivity contribution >= 4 is 28.5 Å². The number of carbonyl (C=O) groups excluding carboxylic acids is 2. The highest BCUT2D eigenvalue weighted by Crippen LogP contribution is 2.25. The number of carbonyl (C=O) groups is 2. The van der Waals surface area contributed by atoms with Gasteiger partial charge in [-0.15, -0.1) is 11.3 Å². The molecule has 0 saturated heterocycles. The normalized spacial score (nSPS) is 14.8. The van der Waals surface area contributed by atoms with Crippen molar-refractivity contribution in [3.05, 3.63) is 35.2 Å². The zero-order valence-electron chi connectivity index (χ0n) is 14.1. The Morgan fingerprint density at radius 1 is 1.16 bits per heavy atom. The third kappa shape index (κ3) is 4.57. The van der Waals surface area contributed by atoms with Gasteiger partial charge in [0, 0.05) is 17.0 Å². The standard InChI is InChI=1S/C18H21N3O3S/c1-24-16(22)13-9-7-12(8-10-13)15-11-25-18(20-15)21-17(23)19-14-5-3-2-4-6-14/h7-11,14H,2-6H2,1H3,(H2,19,20,21,23). The molecule has 1 aliphatic rings. The second kappa shape index (κ2) is 8.11. The molecule has 6 nitrogen and oxygen atoms in total. The Morgan fingerprint density at radius 3 is 2.56 bits per heavy atom. The fraction of sp³-hybridized carbons (Fsp3) is 0.389. The molecule has 0 bridgehead atoms. The summed E-state index contributed by atoms with van der Waals surface area (Å²) in [5, 5.41) is 8.24. The number of ether oxygens (including phenoxy) is 1. The van der Waals surface area contributed by atoms with Gasteiger partial charge in [0.25, 0.3) is 0 Å². The molecule has 0 unspecified atom stereocenters. The van der Waals surface area contributed by atoms with Crippen LogP contribution in [0.2, 0.25) is 0 Å². The first-order chi connectivity index (χ1) is 12.2.